The first-order valence-electron chi connectivity index (χ1n) is 7.06. The van der Waals surface area contributed by atoms with Crippen molar-refractivity contribution < 1.29 is 4.74 Å². The highest BCUT2D eigenvalue weighted by molar-refractivity contribution is 5.27. The molecule has 1 aromatic carbocycles. The van der Waals surface area contributed by atoms with E-state index in [1.165, 1.54) is 5.56 Å². The van der Waals surface area contributed by atoms with Gasteiger partial charge in [-0.1, -0.05) is 32.9 Å². The lowest BCUT2D eigenvalue weighted by Gasteiger charge is -2.22. The summed E-state index contributed by atoms with van der Waals surface area (Å²) in [7, 11) is 3.88. The summed E-state index contributed by atoms with van der Waals surface area (Å²) < 4.78 is 5.17. The number of hydrogen-bond acceptors (Lipinski definition) is 3. The maximum Gasteiger partial charge on any atom is 0.118 e. The molecule has 1 unspecified atom stereocenters. The van der Waals surface area contributed by atoms with Crippen molar-refractivity contribution in [2.24, 2.45) is 5.92 Å². The van der Waals surface area contributed by atoms with Crippen LogP contribution < -0.4 is 10.1 Å². The predicted octanol–water partition coefficient (Wildman–Crippen LogP) is 2.76. The third-order valence-corrected chi connectivity index (χ3v) is 3.11. The highest BCUT2D eigenvalue weighted by Gasteiger charge is 2.07. The minimum atomic E-state index is 0.564. The van der Waals surface area contributed by atoms with Crippen LogP contribution in [0.15, 0.2) is 24.3 Å². The summed E-state index contributed by atoms with van der Waals surface area (Å²) in [5.74, 6) is 1.58. The molecule has 108 valence electrons. The number of methoxy groups -OCH3 is 1. The molecular formula is C16H28N2O. The third kappa shape index (κ3) is 6.60. The van der Waals surface area contributed by atoms with E-state index in [0.717, 1.165) is 25.4 Å². The smallest absolute Gasteiger partial charge is 0.118 e. The largest absolute Gasteiger partial charge is 0.497 e. The highest BCUT2D eigenvalue weighted by atomic mass is 16.5. The van der Waals surface area contributed by atoms with Crippen LogP contribution in [0.1, 0.15) is 26.3 Å². The fraction of sp³-hybridized carbons (Fsp3) is 0.625. The first-order chi connectivity index (χ1) is 9.01. The Labute approximate surface area is 118 Å². The maximum atomic E-state index is 5.17. The molecule has 0 aromatic heterocycles. The van der Waals surface area contributed by atoms with Gasteiger partial charge in [0.25, 0.3) is 0 Å². The van der Waals surface area contributed by atoms with Crippen LogP contribution in [0, 0.1) is 5.92 Å². The Morgan fingerprint density at radius 1 is 1.16 bits per heavy atom. The monoisotopic (exact) mass is 264 g/mol. The SMILES string of the molecule is COc1ccc(CN(C)CC(C)CNC(C)C)cc1. The number of ether oxygens (including phenoxy) is 1. The van der Waals surface area contributed by atoms with E-state index in [0.29, 0.717) is 12.0 Å². The fourth-order valence-corrected chi connectivity index (χ4v) is 2.14. The summed E-state index contributed by atoms with van der Waals surface area (Å²) in [5, 5.41) is 3.49. The molecule has 3 heteroatoms. The molecule has 1 aromatic rings. The van der Waals surface area contributed by atoms with E-state index < -0.39 is 0 Å². The molecule has 0 heterocycles. The van der Waals surface area contributed by atoms with Crippen LogP contribution in [0.3, 0.4) is 0 Å². The van der Waals surface area contributed by atoms with Crippen LogP contribution >= 0.6 is 0 Å². The van der Waals surface area contributed by atoms with Gasteiger partial charge in [-0.15, -0.1) is 0 Å². The summed E-state index contributed by atoms with van der Waals surface area (Å²) in [5.41, 5.74) is 1.33. The average molecular weight is 264 g/mol. The van der Waals surface area contributed by atoms with E-state index in [2.05, 4.69) is 50.2 Å². The second-order valence-electron chi connectivity index (χ2n) is 5.71. The predicted molar refractivity (Wildman–Crippen MR) is 81.6 cm³/mol. The van der Waals surface area contributed by atoms with Gasteiger partial charge in [0.15, 0.2) is 0 Å². The molecule has 0 bridgehead atoms. The van der Waals surface area contributed by atoms with E-state index in [4.69, 9.17) is 4.74 Å². The molecule has 0 radical (unpaired) electrons. The number of benzene rings is 1. The van der Waals surface area contributed by atoms with Crippen LogP contribution in [0.2, 0.25) is 0 Å². The normalized spacial score (nSPS) is 13.0. The molecule has 19 heavy (non-hydrogen) atoms. The van der Waals surface area contributed by atoms with Crippen molar-refractivity contribution >= 4 is 0 Å². The van der Waals surface area contributed by atoms with Gasteiger partial charge in [-0.25, -0.2) is 0 Å². The van der Waals surface area contributed by atoms with Gasteiger partial charge in [0, 0.05) is 19.1 Å². The van der Waals surface area contributed by atoms with Gasteiger partial charge in [0.1, 0.15) is 5.75 Å². The Bertz CT molecular complexity index is 348. The molecule has 1 N–H and O–H groups in total. The van der Waals surface area contributed by atoms with Crippen molar-refractivity contribution in [1.82, 2.24) is 10.2 Å². The second kappa shape index (κ2) is 8.18. The van der Waals surface area contributed by atoms with Crippen molar-refractivity contribution in [2.75, 3.05) is 27.2 Å². The molecule has 0 aliphatic heterocycles. The molecule has 3 nitrogen and oxygen atoms in total. The van der Waals surface area contributed by atoms with E-state index >= 15 is 0 Å². The molecule has 1 atom stereocenters. The highest BCUT2D eigenvalue weighted by Crippen LogP contribution is 2.13. The summed E-state index contributed by atoms with van der Waals surface area (Å²) in [6.45, 7) is 9.83. The van der Waals surface area contributed by atoms with Gasteiger partial charge in [-0.2, -0.15) is 0 Å². The fourth-order valence-electron chi connectivity index (χ4n) is 2.14. The van der Waals surface area contributed by atoms with Crippen LogP contribution in [0.5, 0.6) is 5.75 Å². The zero-order valence-corrected chi connectivity index (χ0v) is 12.9. The Balaban J connectivity index is 2.34. The summed E-state index contributed by atoms with van der Waals surface area (Å²) in [4.78, 5) is 2.37. The minimum absolute atomic E-state index is 0.564. The lowest BCUT2D eigenvalue weighted by Crippen LogP contribution is -2.33. The van der Waals surface area contributed by atoms with Gasteiger partial charge >= 0.3 is 0 Å². The Morgan fingerprint density at radius 3 is 2.32 bits per heavy atom. The molecule has 0 fully saturated rings. The number of hydrogen-bond donors (Lipinski definition) is 1. The molecule has 0 aliphatic carbocycles. The molecule has 0 saturated carbocycles. The van der Waals surface area contributed by atoms with E-state index in [-0.39, 0.29) is 0 Å². The van der Waals surface area contributed by atoms with Crippen molar-refractivity contribution in [3.8, 4) is 5.75 Å². The lowest BCUT2D eigenvalue weighted by molar-refractivity contribution is 0.271. The topological polar surface area (TPSA) is 24.5 Å². The average Bonchev–Trinajstić information content (AvgIpc) is 2.37. The molecule has 1 rings (SSSR count). The number of nitrogens with zero attached hydrogens (tertiary/aromatic N) is 1. The van der Waals surface area contributed by atoms with E-state index in [9.17, 15) is 0 Å². The molecular weight excluding hydrogens is 236 g/mol. The quantitative estimate of drug-likeness (QED) is 0.781. The van der Waals surface area contributed by atoms with Crippen molar-refractivity contribution in [1.29, 1.82) is 0 Å². The maximum absolute atomic E-state index is 5.17. The van der Waals surface area contributed by atoms with Crippen molar-refractivity contribution in [3.63, 3.8) is 0 Å². The van der Waals surface area contributed by atoms with Crippen LogP contribution in [0.4, 0.5) is 0 Å². The Hall–Kier alpha value is -1.06. The zero-order valence-electron chi connectivity index (χ0n) is 12.9. The number of nitrogens with one attached hydrogen (secondary N) is 1. The molecule has 0 spiro atoms. The Morgan fingerprint density at radius 2 is 1.79 bits per heavy atom. The zero-order chi connectivity index (χ0) is 14.3. The minimum Gasteiger partial charge on any atom is -0.497 e. The van der Waals surface area contributed by atoms with Gasteiger partial charge in [0.05, 0.1) is 7.11 Å². The third-order valence-electron chi connectivity index (χ3n) is 3.11. The standard InChI is InChI=1S/C16H28N2O/c1-13(2)17-10-14(3)11-18(4)12-15-6-8-16(19-5)9-7-15/h6-9,13-14,17H,10-12H2,1-5H3. The number of rotatable bonds is 8. The molecule has 0 amide bonds. The van der Waals surface area contributed by atoms with Gasteiger partial charge in [-0.05, 0) is 37.2 Å². The second-order valence-corrected chi connectivity index (χ2v) is 5.71. The van der Waals surface area contributed by atoms with Crippen molar-refractivity contribution in [2.45, 2.75) is 33.4 Å². The summed E-state index contributed by atoms with van der Waals surface area (Å²) in [6, 6.07) is 8.87. The van der Waals surface area contributed by atoms with Gasteiger partial charge < -0.3 is 15.0 Å². The van der Waals surface area contributed by atoms with E-state index in [1.807, 2.05) is 12.1 Å². The lowest BCUT2D eigenvalue weighted by atomic mass is 10.1. The van der Waals surface area contributed by atoms with Gasteiger partial charge in [-0.3, -0.25) is 0 Å². The first-order valence-corrected chi connectivity index (χ1v) is 7.06. The molecule has 0 aliphatic rings. The van der Waals surface area contributed by atoms with E-state index in [1.54, 1.807) is 7.11 Å². The first kappa shape index (κ1) is 16.0. The summed E-state index contributed by atoms with van der Waals surface area (Å²) in [6.07, 6.45) is 0. The molecule has 0 saturated heterocycles. The van der Waals surface area contributed by atoms with Gasteiger partial charge in [0.2, 0.25) is 0 Å². The Kier molecular flexibility index (Phi) is 6.89. The van der Waals surface area contributed by atoms with Crippen LogP contribution in [-0.4, -0.2) is 38.2 Å². The van der Waals surface area contributed by atoms with Crippen LogP contribution in [0.25, 0.3) is 0 Å². The van der Waals surface area contributed by atoms with Crippen molar-refractivity contribution in [3.05, 3.63) is 29.8 Å². The summed E-state index contributed by atoms with van der Waals surface area (Å²) >= 11 is 0. The van der Waals surface area contributed by atoms with Crippen LogP contribution in [-0.2, 0) is 6.54 Å².